The Morgan fingerprint density at radius 1 is 1.02 bits per heavy atom. The summed E-state index contributed by atoms with van der Waals surface area (Å²) in [6.07, 6.45) is 10.9. The molecule has 0 bridgehead atoms. The Bertz CT molecular complexity index is 2170. The third-order valence-electron chi connectivity index (χ3n) is 12.1. The molecule has 0 atom stereocenters. The molecule has 0 radical (unpaired) electrons. The van der Waals surface area contributed by atoms with E-state index < -0.39 is 40.2 Å². The molecule has 5 heterocycles. The summed E-state index contributed by atoms with van der Waals surface area (Å²) in [5.41, 5.74) is 1.07. The second-order valence-corrected chi connectivity index (χ2v) is 17.1. The quantitative estimate of drug-likeness (QED) is 0.165. The summed E-state index contributed by atoms with van der Waals surface area (Å²) in [6.45, 7) is 11.4. The number of amides is 2. The molecule has 4 aromatic rings. The Morgan fingerprint density at radius 3 is 2.37 bits per heavy atom. The van der Waals surface area contributed by atoms with E-state index in [0.29, 0.717) is 40.8 Å². The van der Waals surface area contributed by atoms with E-state index in [4.69, 9.17) is 21.6 Å². The predicted molar refractivity (Wildman–Crippen MR) is 203 cm³/mol. The van der Waals surface area contributed by atoms with Crippen molar-refractivity contribution in [1.29, 1.82) is 0 Å². The second kappa shape index (κ2) is 13.2. The molecule has 14 heteroatoms. The summed E-state index contributed by atoms with van der Waals surface area (Å²) >= 11 is 6.13. The molecule has 3 fully saturated rings. The van der Waals surface area contributed by atoms with Crippen LogP contribution >= 0.6 is 11.6 Å². The summed E-state index contributed by atoms with van der Waals surface area (Å²) in [6, 6.07) is 4.82. The molecule has 2 aliphatic heterocycles. The molecule has 1 saturated heterocycles. The van der Waals surface area contributed by atoms with Crippen LogP contribution in [0.4, 0.5) is 30.4 Å². The zero-order valence-electron chi connectivity index (χ0n) is 31.3. The number of benzene rings is 1. The average molecular weight is 763 g/mol. The zero-order valence-corrected chi connectivity index (χ0v) is 32.1. The van der Waals surface area contributed by atoms with Crippen molar-refractivity contribution in [3.63, 3.8) is 0 Å². The number of aromatic nitrogens is 4. The van der Waals surface area contributed by atoms with E-state index in [9.17, 15) is 14.0 Å². The fraction of sp³-hybridized carbons (Fsp3) is 0.525. The SMILES string of the molecule is CC(C)n1cnc2cc(-c3cnc4c(c3)N([C@H]3C[C@@](C)(N5CCCCCC5)C3)C(=O)C4(C)C)nc(Nc3cc(C(=O)NC4(CF)CC4)c(Cl)c(F)c3F)c21. The number of imidazole rings is 1. The maximum absolute atomic E-state index is 15.6. The number of carbonyl (C=O) groups excluding carboxylic acids is 2. The van der Waals surface area contributed by atoms with E-state index in [2.05, 4.69) is 27.4 Å². The molecule has 1 aromatic carbocycles. The van der Waals surface area contributed by atoms with Crippen LogP contribution in [0.1, 0.15) is 108 Å². The highest BCUT2D eigenvalue weighted by atomic mass is 35.5. The molecule has 54 heavy (non-hydrogen) atoms. The lowest BCUT2D eigenvalue weighted by Crippen LogP contribution is -2.63. The molecule has 286 valence electrons. The number of nitrogens with zero attached hydrogens (tertiary/aromatic N) is 6. The van der Waals surface area contributed by atoms with E-state index in [0.717, 1.165) is 37.7 Å². The fourth-order valence-corrected chi connectivity index (χ4v) is 8.79. The topological polar surface area (TPSA) is 108 Å². The third kappa shape index (κ3) is 6.02. The van der Waals surface area contributed by atoms with Gasteiger partial charge in [-0.15, -0.1) is 0 Å². The summed E-state index contributed by atoms with van der Waals surface area (Å²) in [5.74, 6) is -3.35. The fourth-order valence-electron chi connectivity index (χ4n) is 8.56. The van der Waals surface area contributed by atoms with Crippen LogP contribution in [0.25, 0.3) is 22.3 Å². The average Bonchev–Trinajstić information content (AvgIpc) is 3.81. The molecule has 0 unspecified atom stereocenters. The first-order valence-electron chi connectivity index (χ1n) is 19.0. The van der Waals surface area contributed by atoms with Crippen molar-refractivity contribution in [1.82, 2.24) is 29.7 Å². The van der Waals surface area contributed by atoms with Crippen molar-refractivity contribution in [3.05, 3.63) is 58.6 Å². The lowest BCUT2D eigenvalue weighted by Gasteiger charge is -2.54. The van der Waals surface area contributed by atoms with E-state index >= 15 is 8.78 Å². The highest BCUT2D eigenvalue weighted by molar-refractivity contribution is 6.34. The van der Waals surface area contributed by atoms with Gasteiger partial charge in [0.05, 0.1) is 56.1 Å². The molecule has 2 aliphatic carbocycles. The van der Waals surface area contributed by atoms with Crippen LogP contribution in [0, 0.1) is 11.6 Å². The number of carbonyl (C=O) groups is 2. The van der Waals surface area contributed by atoms with Crippen LogP contribution in [0.3, 0.4) is 0 Å². The highest BCUT2D eigenvalue weighted by Crippen LogP contribution is 2.50. The number of pyridine rings is 2. The van der Waals surface area contributed by atoms with Gasteiger partial charge in [0.15, 0.2) is 17.5 Å². The summed E-state index contributed by atoms with van der Waals surface area (Å²) in [4.78, 5) is 46.2. The minimum atomic E-state index is -1.42. The standard InChI is InChI=1S/C40H46ClF3N8O2/c1-22(2)51-21-46-28-16-26(47-35(33(28)51)48-27-15-25(30(41)32(44)31(27)43)36(53)49-40(20-42)10-11-40)23-14-29-34(45-19-23)38(3,4)37(54)52(29)24-17-39(5,18-24)50-12-8-6-7-9-13-50/h14-16,19,21-22,24H,6-13,17-18,20H2,1-5H3,(H,47,48)(H,49,53)/t24-,39+. The Kier molecular flexibility index (Phi) is 8.99. The predicted octanol–water partition coefficient (Wildman–Crippen LogP) is 8.40. The van der Waals surface area contributed by atoms with Gasteiger partial charge >= 0.3 is 0 Å². The number of anilines is 3. The number of halogens is 4. The van der Waals surface area contributed by atoms with Gasteiger partial charge in [0.2, 0.25) is 5.91 Å². The summed E-state index contributed by atoms with van der Waals surface area (Å²) < 4.78 is 46.4. The van der Waals surface area contributed by atoms with Gasteiger partial charge in [0.25, 0.3) is 5.91 Å². The molecule has 2 N–H and O–H groups in total. The molecule has 0 spiro atoms. The molecule has 2 amide bonds. The van der Waals surface area contributed by atoms with Crippen LogP contribution in [-0.2, 0) is 10.2 Å². The van der Waals surface area contributed by atoms with Crippen molar-refractivity contribution >= 4 is 51.6 Å². The summed E-state index contributed by atoms with van der Waals surface area (Å²) in [5, 5.41) is 4.82. The first kappa shape index (κ1) is 36.7. The molecule has 8 rings (SSSR count). The first-order valence-corrected chi connectivity index (χ1v) is 19.3. The van der Waals surface area contributed by atoms with Gasteiger partial charge in [-0.2, -0.15) is 0 Å². The smallest absolute Gasteiger partial charge is 0.253 e. The Hall–Kier alpha value is -4.23. The number of alkyl halides is 1. The number of fused-ring (bicyclic) bond motifs is 2. The molecule has 2 saturated carbocycles. The van der Waals surface area contributed by atoms with Gasteiger partial charge in [-0.05, 0) is 104 Å². The number of hydrogen-bond acceptors (Lipinski definition) is 7. The molecular weight excluding hydrogens is 717 g/mol. The maximum Gasteiger partial charge on any atom is 0.253 e. The lowest BCUT2D eigenvalue weighted by molar-refractivity contribution is -0.123. The summed E-state index contributed by atoms with van der Waals surface area (Å²) in [7, 11) is 0. The molecule has 4 aliphatic rings. The minimum absolute atomic E-state index is 0.0192. The van der Waals surface area contributed by atoms with Gasteiger partial charge in [-0.1, -0.05) is 24.4 Å². The van der Waals surface area contributed by atoms with Crippen molar-refractivity contribution in [2.45, 2.75) is 115 Å². The molecule has 3 aromatic heterocycles. The van der Waals surface area contributed by atoms with Gasteiger partial charge < -0.3 is 20.1 Å². The Balaban J connectivity index is 1.17. The van der Waals surface area contributed by atoms with E-state index in [1.807, 2.05) is 43.2 Å². The van der Waals surface area contributed by atoms with E-state index in [1.54, 1.807) is 18.6 Å². The Morgan fingerprint density at radius 2 is 1.72 bits per heavy atom. The maximum atomic E-state index is 15.6. The van der Waals surface area contributed by atoms with Crippen molar-refractivity contribution < 1.29 is 22.8 Å². The van der Waals surface area contributed by atoms with Crippen molar-refractivity contribution in [2.75, 3.05) is 30.0 Å². The number of hydrogen-bond donors (Lipinski definition) is 2. The van der Waals surface area contributed by atoms with Gasteiger partial charge in [-0.3, -0.25) is 19.5 Å². The first-order chi connectivity index (χ1) is 25.7. The zero-order chi connectivity index (χ0) is 38.3. The van der Waals surface area contributed by atoms with Crippen LogP contribution in [0.15, 0.2) is 30.7 Å². The van der Waals surface area contributed by atoms with E-state index in [-0.39, 0.29) is 40.6 Å². The number of likely N-dealkylation sites (tertiary alicyclic amines) is 1. The largest absolute Gasteiger partial charge is 0.344 e. The third-order valence-corrected chi connectivity index (χ3v) is 12.5. The van der Waals surface area contributed by atoms with Gasteiger partial charge in [0.1, 0.15) is 12.2 Å². The molecular formula is C40H46ClF3N8O2. The highest BCUT2D eigenvalue weighted by Gasteiger charge is 2.54. The van der Waals surface area contributed by atoms with Crippen molar-refractivity contribution in [2.24, 2.45) is 0 Å². The Labute approximate surface area is 317 Å². The van der Waals surface area contributed by atoms with Crippen LogP contribution < -0.4 is 15.5 Å². The minimum Gasteiger partial charge on any atom is -0.344 e. The van der Waals surface area contributed by atoms with E-state index in [1.165, 1.54) is 25.7 Å². The van der Waals surface area contributed by atoms with Crippen molar-refractivity contribution in [3.8, 4) is 11.3 Å². The van der Waals surface area contributed by atoms with Gasteiger partial charge in [0, 0.05) is 29.4 Å². The lowest BCUT2D eigenvalue weighted by atomic mass is 9.71. The van der Waals surface area contributed by atoms with Gasteiger partial charge in [-0.25, -0.2) is 23.1 Å². The normalized spacial score (nSPS) is 23.3. The van der Waals surface area contributed by atoms with Crippen LogP contribution in [-0.4, -0.2) is 73.1 Å². The van der Waals surface area contributed by atoms with Crippen LogP contribution in [0.5, 0.6) is 0 Å². The molecule has 10 nitrogen and oxygen atoms in total. The number of rotatable bonds is 9. The number of nitrogens with one attached hydrogen (secondary N) is 2. The monoisotopic (exact) mass is 762 g/mol. The second-order valence-electron chi connectivity index (χ2n) is 16.7. The van der Waals surface area contributed by atoms with Crippen LogP contribution in [0.2, 0.25) is 5.02 Å².